The van der Waals surface area contributed by atoms with Gasteiger partial charge in [0, 0.05) is 13.5 Å². The molecule has 1 saturated heterocycles. The predicted molar refractivity (Wildman–Crippen MR) is 202 cm³/mol. The first kappa shape index (κ1) is 46.3. The van der Waals surface area contributed by atoms with Gasteiger partial charge in [0.05, 0.1) is 6.61 Å². The zero-order valence-electron chi connectivity index (χ0n) is 30.8. The Balaban J connectivity index is 2.25. The van der Waals surface area contributed by atoms with Crippen LogP contribution in [0.25, 0.3) is 0 Å². The van der Waals surface area contributed by atoms with Gasteiger partial charge in [-0.25, -0.2) is 0 Å². The van der Waals surface area contributed by atoms with Crippen molar-refractivity contribution in [2.45, 2.75) is 126 Å². The fraction of sp³-hybridized carbons (Fsp3) is 0.818. The molecule has 1 heterocycles. The number of hydrogen-bond donors (Lipinski definition) is 11. The Bertz CT molecular complexity index is 1210. The number of carbonyl (C=O) groups is 5. The maximum atomic E-state index is 13.8. The lowest BCUT2D eigenvalue weighted by molar-refractivity contribution is -0.254. The summed E-state index contributed by atoms with van der Waals surface area (Å²) in [4.78, 5) is 70.7. The molecular formula is C33H60N8O10S2. The molecule has 18 nitrogen and oxygen atoms in total. The SMILES string of the molecule is CSCC[C@H](NC(=O)[C@H](CCSC)NC(=O)[C@H](CCCN=C(N)N)NC(=O)[C@H](CC1CCCCC1)NC(C)=O)C(=O)N[C@@H]1[C@@H](O)[C@H](O)[C@@H](CO)O[C@H]1O. The van der Waals surface area contributed by atoms with Gasteiger partial charge in [-0.1, -0.05) is 32.1 Å². The van der Waals surface area contributed by atoms with Crippen molar-refractivity contribution in [2.24, 2.45) is 22.4 Å². The minimum absolute atomic E-state index is 0.108. The number of nitrogens with one attached hydrogen (secondary N) is 5. The summed E-state index contributed by atoms with van der Waals surface area (Å²) in [6, 6.07) is -5.76. The maximum absolute atomic E-state index is 13.8. The van der Waals surface area contributed by atoms with E-state index in [1.807, 2.05) is 6.26 Å². The van der Waals surface area contributed by atoms with Crippen LogP contribution in [0.4, 0.5) is 0 Å². The Hall–Kier alpha value is -2.88. The molecule has 13 N–H and O–H groups in total. The number of aliphatic imine (C=N–C) groups is 1. The van der Waals surface area contributed by atoms with E-state index >= 15 is 0 Å². The molecule has 1 aliphatic carbocycles. The number of thioether (sulfide) groups is 2. The zero-order chi connectivity index (χ0) is 39.5. The lowest BCUT2D eigenvalue weighted by atomic mass is 9.84. The van der Waals surface area contributed by atoms with E-state index in [0.29, 0.717) is 24.3 Å². The molecule has 53 heavy (non-hydrogen) atoms. The summed E-state index contributed by atoms with van der Waals surface area (Å²) in [7, 11) is 0. The van der Waals surface area contributed by atoms with Gasteiger partial charge in [-0.2, -0.15) is 23.5 Å². The summed E-state index contributed by atoms with van der Waals surface area (Å²) in [6.07, 6.45) is 3.55. The van der Waals surface area contributed by atoms with E-state index in [1.54, 1.807) is 6.26 Å². The Morgan fingerprint density at radius 2 is 1.30 bits per heavy atom. The van der Waals surface area contributed by atoms with Crippen molar-refractivity contribution in [2.75, 3.05) is 37.2 Å². The molecular weight excluding hydrogens is 733 g/mol. The van der Waals surface area contributed by atoms with E-state index in [1.165, 1.54) is 30.4 Å². The van der Waals surface area contributed by atoms with Gasteiger partial charge in [-0.05, 0) is 62.0 Å². The summed E-state index contributed by atoms with van der Waals surface area (Å²) in [5.74, 6) is -2.04. The molecule has 0 aromatic heterocycles. The van der Waals surface area contributed by atoms with Crippen LogP contribution in [0.2, 0.25) is 0 Å². The maximum Gasteiger partial charge on any atom is 0.243 e. The van der Waals surface area contributed by atoms with Crippen LogP contribution in [0.1, 0.15) is 71.1 Å². The van der Waals surface area contributed by atoms with Gasteiger partial charge in [-0.15, -0.1) is 0 Å². The number of rotatable bonds is 22. The van der Waals surface area contributed by atoms with Crippen LogP contribution in [0, 0.1) is 5.92 Å². The fourth-order valence-electron chi connectivity index (χ4n) is 6.35. The largest absolute Gasteiger partial charge is 0.394 e. The number of nitrogens with zero attached hydrogens (tertiary/aromatic N) is 1. The van der Waals surface area contributed by atoms with Gasteiger partial charge < -0.3 is 63.2 Å². The Morgan fingerprint density at radius 3 is 1.81 bits per heavy atom. The van der Waals surface area contributed by atoms with Crippen molar-refractivity contribution in [3.63, 3.8) is 0 Å². The average molecular weight is 793 g/mol. The van der Waals surface area contributed by atoms with E-state index < -0.39 is 85.0 Å². The van der Waals surface area contributed by atoms with Crippen LogP contribution in [-0.4, -0.2) is 148 Å². The van der Waals surface area contributed by atoms with Gasteiger partial charge in [0.25, 0.3) is 0 Å². The number of hydrogen-bond acceptors (Lipinski definition) is 13. The molecule has 9 atom stereocenters. The molecule has 0 unspecified atom stereocenters. The minimum Gasteiger partial charge on any atom is -0.394 e. The average Bonchev–Trinajstić information content (AvgIpc) is 3.12. The predicted octanol–water partition coefficient (Wildman–Crippen LogP) is -2.61. The number of carbonyl (C=O) groups excluding carboxylic acids is 5. The minimum atomic E-state index is -1.76. The van der Waals surface area contributed by atoms with E-state index in [0.717, 1.165) is 32.1 Å². The van der Waals surface area contributed by atoms with Crippen LogP contribution in [0.15, 0.2) is 4.99 Å². The third kappa shape index (κ3) is 16.2. The molecule has 5 amide bonds. The lowest BCUT2D eigenvalue weighted by Crippen LogP contribution is -2.66. The van der Waals surface area contributed by atoms with Gasteiger partial charge in [0.15, 0.2) is 12.2 Å². The molecule has 1 aliphatic heterocycles. The van der Waals surface area contributed by atoms with E-state index in [-0.39, 0.29) is 43.6 Å². The number of nitrogens with two attached hydrogens (primary N) is 2. The first-order chi connectivity index (χ1) is 25.2. The van der Waals surface area contributed by atoms with Crippen molar-refractivity contribution in [3.05, 3.63) is 0 Å². The second-order valence-corrected chi connectivity index (χ2v) is 15.4. The molecule has 1 saturated carbocycles. The molecule has 0 aromatic rings. The highest BCUT2D eigenvalue weighted by Gasteiger charge is 2.45. The third-order valence-electron chi connectivity index (χ3n) is 9.26. The molecule has 2 aliphatic rings. The number of aliphatic hydroxyl groups is 4. The monoisotopic (exact) mass is 792 g/mol. The highest BCUT2D eigenvalue weighted by Crippen LogP contribution is 2.27. The van der Waals surface area contributed by atoms with Crippen LogP contribution in [0.5, 0.6) is 0 Å². The smallest absolute Gasteiger partial charge is 0.243 e. The van der Waals surface area contributed by atoms with Crippen molar-refractivity contribution in [3.8, 4) is 0 Å². The molecule has 20 heteroatoms. The first-order valence-electron chi connectivity index (χ1n) is 18.0. The van der Waals surface area contributed by atoms with Gasteiger partial charge >= 0.3 is 0 Å². The van der Waals surface area contributed by atoms with Gasteiger partial charge in [0.1, 0.15) is 48.5 Å². The number of amides is 5. The Kier molecular flexibility index (Phi) is 21.4. The van der Waals surface area contributed by atoms with E-state index in [4.69, 9.17) is 16.2 Å². The third-order valence-corrected chi connectivity index (χ3v) is 10.6. The normalized spacial score (nSPS) is 24.1. The molecule has 0 spiro atoms. The fourth-order valence-corrected chi connectivity index (χ4v) is 7.29. The molecule has 2 fully saturated rings. The van der Waals surface area contributed by atoms with Crippen LogP contribution in [0.3, 0.4) is 0 Å². The van der Waals surface area contributed by atoms with E-state index in [9.17, 15) is 44.4 Å². The van der Waals surface area contributed by atoms with Crippen LogP contribution in [-0.2, 0) is 28.7 Å². The van der Waals surface area contributed by atoms with E-state index in [2.05, 4.69) is 31.6 Å². The van der Waals surface area contributed by atoms with Crippen LogP contribution < -0.4 is 38.1 Å². The molecule has 0 bridgehead atoms. The van der Waals surface area contributed by atoms with Crippen molar-refractivity contribution < 1.29 is 49.1 Å². The molecule has 0 aromatic carbocycles. The number of guanidine groups is 1. The molecule has 2 rings (SSSR count). The first-order valence-corrected chi connectivity index (χ1v) is 20.8. The molecule has 0 radical (unpaired) electrons. The summed E-state index contributed by atoms with van der Waals surface area (Å²) in [5.41, 5.74) is 10.9. The summed E-state index contributed by atoms with van der Waals surface area (Å²) < 4.78 is 5.14. The topological polar surface area (TPSA) is 300 Å². The standard InChI is InChI=1S/C33H60N8O10S2/c1-18(43)37-23(16-19-8-5-4-6-9-19)31(49)38-20(10-7-13-36-33(34)35)28(46)39-21(11-14-52-2)29(47)40-22(12-15-53-3)30(48)41-25-27(45)26(44)24(17-42)51-32(25)50/h19-27,32,42,44-45,50H,4-17H2,1-3H3,(H,37,43)(H,38,49)(H,39,46)(H,40,47)(H,41,48)(H4,34,35,36)/t20-,21-,22-,23-,24+,25+,26+,27+,32+/m0/s1. The number of aliphatic hydroxyl groups excluding tert-OH is 4. The Morgan fingerprint density at radius 1 is 0.774 bits per heavy atom. The van der Waals surface area contributed by atoms with Gasteiger partial charge in [0.2, 0.25) is 29.5 Å². The summed E-state index contributed by atoms with van der Waals surface area (Å²) >= 11 is 2.84. The highest BCUT2D eigenvalue weighted by molar-refractivity contribution is 7.98. The van der Waals surface area contributed by atoms with Gasteiger partial charge in [-0.3, -0.25) is 29.0 Å². The second-order valence-electron chi connectivity index (χ2n) is 13.5. The summed E-state index contributed by atoms with van der Waals surface area (Å²) in [5, 5.41) is 53.9. The molecule has 304 valence electrons. The summed E-state index contributed by atoms with van der Waals surface area (Å²) in [6.45, 7) is 0.822. The highest BCUT2D eigenvalue weighted by atomic mass is 32.2. The van der Waals surface area contributed by atoms with Crippen LogP contribution >= 0.6 is 23.5 Å². The Labute approximate surface area is 319 Å². The van der Waals surface area contributed by atoms with Crippen molar-refractivity contribution in [1.29, 1.82) is 0 Å². The zero-order valence-corrected chi connectivity index (χ0v) is 32.5. The quantitative estimate of drug-likeness (QED) is 0.0304. The van der Waals surface area contributed by atoms with Crippen molar-refractivity contribution >= 4 is 59.0 Å². The van der Waals surface area contributed by atoms with Crippen molar-refractivity contribution in [1.82, 2.24) is 26.6 Å². The second kappa shape index (κ2) is 24.5. The lowest BCUT2D eigenvalue weighted by Gasteiger charge is -2.40. The number of ether oxygens (including phenoxy) is 1.